The Bertz CT molecular complexity index is 1510. The largest absolute Gasteiger partial charge is 0.369 e. The van der Waals surface area contributed by atoms with Gasteiger partial charge in [-0.25, -0.2) is 9.97 Å². The van der Waals surface area contributed by atoms with Gasteiger partial charge in [0.05, 0.1) is 5.52 Å². The predicted octanol–water partition coefficient (Wildman–Crippen LogP) is 4.54. The van der Waals surface area contributed by atoms with Gasteiger partial charge in [-0.2, -0.15) is 4.52 Å². The summed E-state index contributed by atoms with van der Waals surface area (Å²) in [4.78, 5) is 18.7. The second-order valence-corrected chi connectivity index (χ2v) is 9.48. The van der Waals surface area contributed by atoms with Crippen LogP contribution in [0.4, 0.5) is 11.6 Å². The fourth-order valence-corrected chi connectivity index (χ4v) is 4.92. The van der Waals surface area contributed by atoms with E-state index in [-0.39, 0.29) is 0 Å². The number of halogens is 1. The van der Waals surface area contributed by atoms with Crippen molar-refractivity contribution in [2.75, 3.05) is 49.5 Å². The lowest BCUT2D eigenvalue weighted by Crippen LogP contribution is -2.47. The molecule has 9 heteroatoms. The number of anilines is 2. The van der Waals surface area contributed by atoms with Crippen LogP contribution in [0.5, 0.6) is 0 Å². The number of piperazine rings is 1. The third-order valence-corrected chi connectivity index (χ3v) is 6.95. The normalized spacial score (nSPS) is 14.6. The highest BCUT2D eigenvalue weighted by molar-refractivity contribution is 6.30. The molecule has 0 radical (unpaired) electrons. The lowest BCUT2D eigenvalue weighted by atomic mass is 10.1. The summed E-state index contributed by atoms with van der Waals surface area (Å²) in [6.45, 7) is 7.80. The first-order chi connectivity index (χ1) is 17.7. The number of aryl methyl sites for hydroxylation is 1. The molecule has 3 aromatic heterocycles. The number of nitrogens with zero attached hydrogens (tertiary/aromatic N) is 7. The van der Waals surface area contributed by atoms with Gasteiger partial charge in [-0.1, -0.05) is 29.8 Å². The summed E-state index contributed by atoms with van der Waals surface area (Å²) in [6.07, 6.45) is 3.51. The summed E-state index contributed by atoms with van der Waals surface area (Å²) in [7, 11) is 0. The molecule has 0 bridgehead atoms. The van der Waals surface area contributed by atoms with Gasteiger partial charge in [-0.15, -0.1) is 5.10 Å². The molecular formula is C27H27ClN8. The van der Waals surface area contributed by atoms with Crippen molar-refractivity contribution in [2.24, 2.45) is 0 Å². The van der Waals surface area contributed by atoms with Crippen molar-refractivity contribution in [3.63, 3.8) is 0 Å². The zero-order valence-electron chi connectivity index (χ0n) is 20.1. The molecule has 1 aliphatic heterocycles. The van der Waals surface area contributed by atoms with Crippen LogP contribution in [0, 0.1) is 6.92 Å². The lowest BCUT2D eigenvalue weighted by Gasteiger charge is -2.36. The third-order valence-electron chi connectivity index (χ3n) is 6.71. The maximum atomic E-state index is 6.24. The third kappa shape index (κ3) is 4.45. The van der Waals surface area contributed by atoms with Crippen molar-refractivity contribution in [2.45, 2.75) is 6.92 Å². The van der Waals surface area contributed by atoms with E-state index in [1.807, 2.05) is 47.0 Å². The minimum Gasteiger partial charge on any atom is -0.369 e. The first kappa shape index (κ1) is 22.7. The number of pyridine rings is 1. The zero-order valence-corrected chi connectivity index (χ0v) is 20.9. The number of nitrogens with one attached hydrogen (secondary N) is 1. The van der Waals surface area contributed by atoms with Crippen LogP contribution in [-0.2, 0) is 0 Å². The number of hydrogen-bond donors (Lipinski definition) is 1. The minimum absolute atomic E-state index is 0.658. The molecule has 0 spiro atoms. The molecule has 0 aliphatic carbocycles. The molecule has 0 unspecified atom stereocenters. The number of para-hydroxylation sites is 1. The number of rotatable bonds is 6. The quantitative estimate of drug-likeness (QED) is 0.368. The molecule has 36 heavy (non-hydrogen) atoms. The summed E-state index contributed by atoms with van der Waals surface area (Å²) in [6, 6.07) is 18.0. The second-order valence-electron chi connectivity index (χ2n) is 9.05. The summed E-state index contributed by atoms with van der Waals surface area (Å²) in [5, 5.41) is 10.1. The molecule has 2 aromatic carbocycles. The van der Waals surface area contributed by atoms with Crippen molar-refractivity contribution in [3.8, 4) is 11.4 Å². The standard InChI is InChI=1S/C27H27ClN8/c1-19-6-7-21(28)18-24(19)35-16-14-34(15-17-35)13-12-30-27-31-23-5-3-2-4-22(23)26-32-25(33-36(26)27)20-8-10-29-11-9-20/h2-11,18H,12-17H2,1H3,(H,30,31). The molecule has 1 aliphatic rings. The molecule has 6 rings (SSSR count). The van der Waals surface area contributed by atoms with E-state index in [2.05, 4.69) is 39.2 Å². The number of benzene rings is 2. The Kier molecular flexibility index (Phi) is 6.13. The van der Waals surface area contributed by atoms with Gasteiger partial charge in [-0.05, 0) is 48.9 Å². The molecule has 4 heterocycles. The first-order valence-corrected chi connectivity index (χ1v) is 12.6. The summed E-state index contributed by atoms with van der Waals surface area (Å²) in [5.41, 5.74) is 5.11. The highest BCUT2D eigenvalue weighted by atomic mass is 35.5. The van der Waals surface area contributed by atoms with E-state index in [0.717, 1.165) is 66.4 Å². The summed E-state index contributed by atoms with van der Waals surface area (Å²) >= 11 is 6.24. The van der Waals surface area contributed by atoms with Gasteiger partial charge < -0.3 is 10.2 Å². The molecule has 0 saturated carbocycles. The average molecular weight is 499 g/mol. The smallest absolute Gasteiger partial charge is 0.226 e. The maximum absolute atomic E-state index is 6.24. The molecule has 0 amide bonds. The second kappa shape index (κ2) is 9.72. The van der Waals surface area contributed by atoms with Crippen molar-refractivity contribution >= 4 is 39.8 Å². The first-order valence-electron chi connectivity index (χ1n) is 12.2. The zero-order chi connectivity index (χ0) is 24.5. The molecule has 0 atom stereocenters. The fourth-order valence-electron chi connectivity index (χ4n) is 4.75. The van der Waals surface area contributed by atoms with Crippen molar-refractivity contribution in [3.05, 3.63) is 77.6 Å². The Morgan fingerprint density at radius 1 is 0.944 bits per heavy atom. The van der Waals surface area contributed by atoms with Crippen molar-refractivity contribution < 1.29 is 0 Å². The van der Waals surface area contributed by atoms with Gasteiger partial charge in [0.25, 0.3) is 0 Å². The van der Waals surface area contributed by atoms with Crippen LogP contribution in [0.3, 0.4) is 0 Å². The molecule has 5 aromatic rings. The van der Waals surface area contributed by atoms with Crippen LogP contribution in [-0.4, -0.2) is 68.7 Å². The molecule has 182 valence electrons. The Hall–Kier alpha value is -3.75. The lowest BCUT2D eigenvalue weighted by molar-refractivity contribution is 0.267. The van der Waals surface area contributed by atoms with Gasteiger partial charge in [0.1, 0.15) is 0 Å². The van der Waals surface area contributed by atoms with E-state index in [0.29, 0.717) is 11.8 Å². The SMILES string of the molecule is Cc1ccc(Cl)cc1N1CCN(CCNc2nc3ccccc3c3nc(-c4ccncc4)nn23)CC1. The van der Waals surface area contributed by atoms with Crippen LogP contribution >= 0.6 is 11.6 Å². The molecule has 1 N–H and O–H groups in total. The predicted molar refractivity (Wildman–Crippen MR) is 145 cm³/mol. The molecule has 1 saturated heterocycles. The topological polar surface area (TPSA) is 74.5 Å². The highest BCUT2D eigenvalue weighted by Gasteiger charge is 2.19. The monoisotopic (exact) mass is 498 g/mol. The Labute approximate surface area is 214 Å². The Balaban J connectivity index is 1.17. The fraction of sp³-hybridized carbons (Fsp3) is 0.259. The summed E-state index contributed by atoms with van der Waals surface area (Å²) < 4.78 is 1.82. The van der Waals surface area contributed by atoms with Gasteiger partial charge in [0.15, 0.2) is 11.5 Å². The number of aromatic nitrogens is 5. The maximum Gasteiger partial charge on any atom is 0.226 e. The highest BCUT2D eigenvalue weighted by Crippen LogP contribution is 2.26. The average Bonchev–Trinajstić information content (AvgIpc) is 3.37. The van der Waals surface area contributed by atoms with Crippen LogP contribution in [0.25, 0.3) is 27.9 Å². The van der Waals surface area contributed by atoms with E-state index in [1.165, 1.54) is 11.3 Å². The van der Waals surface area contributed by atoms with Gasteiger partial charge in [0.2, 0.25) is 5.95 Å². The van der Waals surface area contributed by atoms with Crippen LogP contribution < -0.4 is 10.2 Å². The molecule has 1 fully saturated rings. The van der Waals surface area contributed by atoms with Crippen molar-refractivity contribution in [1.82, 2.24) is 29.5 Å². The van der Waals surface area contributed by atoms with Gasteiger partial charge >= 0.3 is 0 Å². The van der Waals surface area contributed by atoms with E-state index < -0.39 is 0 Å². The van der Waals surface area contributed by atoms with E-state index in [9.17, 15) is 0 Å². The van der Waals surface area contributed by atoms with E-state index >= 15 is 0 Å². The number of fused-ring (bicyclic) bond motifs is 3. The Morgan fingerprint density at radius 3 is 2.58 bits per heavy atom. The van der Waals surface area contributed by atoms with Gasteiger partial charge in [0, 0.05) is 73.3 Å². The van der Waals surface area contributed by atoms with E-state index in [4.69, 9.17) is 26.7 Å². The van der Waals surface area contributed by atoms with Crippen molar-refractivity contribution in [1.29, 1.82) is 0 Å². The van der Waals surface area contributed by atoms with Gasteiger partial charge in [-0.3, -0.25) is 9.88 Å². The van der Waals surface area contributed by atoms with Crippen LogP contribution in [0.2, 0.25) is 5.02 Å². The molecule has 8 nitrogen and oxygen atoms in total. The van der Waals surface area contributed by atoms with Crippen LogP contribution in [0.15, 0.2) is 67.0 Å². The van der Waals surface area contributed by atoms with Crippen LogP contribution in [0.1, 0.15) is 5.56 Å². The van der Waals surface area contributed by atoms with E-state index in [1.54, 1.807) is 12.4 Å². The Morgan fingerprint density at radius 2 is 1.75 bits per heavy atom. The minimum atomic E-state index is 0.658. The molecular weight excluding hydrogens is 472 g/mol. The summed E-state index contributed by atoms with van der Waals surface area (Å²) in [5.74, 6) is 1.36. The number of hydrogen-bond acceptors (Lipinski definition) is 7.